The third-order valence-electron chi connectivity index (χ3n) is 3.32. The molecule has 0 aromatic carbocycles. The Bertz CT molecular complexity index is 469. The van der Waals surface area contributed by atoms with Crippen molar-refractivity contribution in [3.05, 3.63) is 23.6 Å². The molecule has 1 aromatic rings. The van der Waals surface area contributed by atoms with Gasteiger partial charge in [0.25, 0.3) is 5.91 Å². The van der Waals surface area contributed by atoms with Crippen molar-refractivity contribution in [2.45, 2.75) is 47.1 Å². The lowest BCUT2D eigenvalue weighted by molar-refractivity contribution is 0.0906. The van der Waals surface area contributed by atoms with Crippen molar-refractivity contribution in [1.82, 2.24) is 10.3 Å². The highest BCUT2D eigenvalue weighted by atomic mass is 19.1. The molecular formula is C15H24FN3O. The average Bonchev–Trinajstić information content (AvgIpc) is 2.36. The maximum Gasteiger partial charge on any atom is 0.254 e. The maximum atomic E-state index is 14.2. The first-order chi connectivity index (χ1) is 9.27. The van der Waals surface area contributed by atoms with Crippen molar-refractivity contribution in [1.29, 1.82) is 0 Å². The van der Waals surface area contributed by atoms with E-state index < -0.39 is 11.7 Å². The van der Waals surface area contributed by atoms with Gasteiger partial charge in [-0.05, 0) is 24.8 Å². The van der Waals surface area contributed by atoms with E-state index in [1.54, 1.807) is 0 Å². The van der Waals surface area contributed by atoms with Gasteiger partial charge in [0.2, 0.25) is 0 Å². The fraction of sp³-hybridized carbons (Fsp3) is 0.600. The van der Waals surface area contributed by atoms with Gasteiger partial charge in [-0.15, -0.1) is 0 Å². The zero-order valence-corrected chi connectivity index (χ0v) is 12.9. The molecule has 112 valence electrons. The molecule has 5 heteroatoms. The molecule has 1 atom stereocenters. The molecule has 0 saturated heterocycles. The van der Waals surface area contributed by atoms with Gasteiger partial charge in [-0.2, -0.15) is 0 Å². The Morgan fingerprint density at radius 3 is 2.65 bits per heavy atom. The summed E-state index contributed by atoms with van der Waals surface area (Å²) >= 11 is 0. The average molecular weight is 281 g/mol. The number of rotatable bonds is 5. The van der Waals surface area contributed by atoms with Crippen LogP contribution in [0, 0.1) is 11.2 Å². The normalized spacial score (nSPS) is 12.9. The summed E-state index contributed by atoms with van der Waals surface area (Å²) in [5.74, 6) is -0.880. The number of carbonyl (C=O) groups excluding carboxylic acids is 1. The first-order valence-electron chi connectivity index (χ1n) is 6.96. The van der Waals surface area contributed by atoms with Crippen molar-refractivity contribution >= 4 is 11.7 Å². The molecule has 0 aliphatic heterocycles. The van der Waals surface area contributed by atoms with E-state index in [4.69, 9.17) is 0 Å². The third kappa shape index (κ3) is 4.18. The number of nitrogens with zero attached hydrogens (tertiary/aromatic N) is 1. The lowest BCUT2D eigenvalue weighted by atomic mass is 9.88. The van der Waals surface area contributed by atoms with E-state index in [1.165, 1.54) is 12.3 Å². The van der Waals surface area contributed by atoms with Crippen LogP contribution in [-0.2, 0) is 0 Å². The molecule has 0 fully saturated rings. The Morgan fingerprint density at radius 1 is 1.45 bits per heavy atom. The lowest BCUT2D eigenvalue weighted by Gasteiger charge is -2.28. The molecule has 20 heavy (non-hydrogen) atoms. The Morgan fingerprint density at radius 2 is 2.10 bits per heavy atom. The fourth-order valence-electron chi connectivity index (χ4n) is 1.48. The molecule has 1 aromatic heterocycles. The minimum Gasteiger partial charge on any atom is -0.368 e. The topological polar surface area (TPSA) is 54.0 Å². The first-order valence-corrected chi connectivity index (χ1v) is 6.96. The molecule has 0 aliphatic carbocycles. The zero-order chi connectivity index (χ0) is 15.3. The van der Waals surface area contributed by atoms with Gasteiger partial charge in [0.15, 0.2) is 11.6 Å². The van der Waals surface area contributed by atoms with Gasteiger partial charge in [0, 0.05) is 18.8 Å². The van der Waals surface area contributed by atoms with Gasteiger partial charge in [-0.3, -0.25) is 4.79 Å². The molecule has 0 saturated carbocycles. The number of nitrogens with one attached hydrogen (secondary N) is 2. The second-order valence-electron chi connectivity index (χ2n) is 6.01. The van der Waals surface area contributed by atoms with Crippen LogP contribution in [0.4, 0.5) is 10.2 Å². The summed E-state index contributed by atoms with van der Waals surface area (Å²) in [6, 6.07) is 1.34. The van der Waals surface area contributed by atoms with Crippen molar-refractivity contribution in [2.75, 3.05) is 11.9 Å². The van der Waals surface area contributed by atoms with Gasteiger partial charge in [-0.25, -0.2) is 9.37 Å². The second-order valence-corrected chi connectivity index (χ2v) is 6.01. The van der Waals surface area contributed by atoms with Gasteiger partial charge in [0.1, 0.15) is 0 Å². The molecule has 0 spiro atoms. The van der Waals surface area contributed by atoms with Crippen LogP contribution in [0.1, 0.15) is 51.4 Å². The summed E-state index contributed by atoms with van der Waals surface area (Å²) in [7, 11) is 0. The van der Waals surface area contributed by atoms with Crippen LogP contribution < -0.4 is 10.6 Å². The van der Waals surface area contributed by atoms with E-state index in [9.17, 15) is 9.18 Å². The van der Waals surface area contributed by atoms with Gasteiger partial charge >= 0.3 is 0 Å². The van der Waals surface area contributed by atoms with E-state index in [1.807, 2.05) is 34.6 Å². The molecule has 0 bridgehead atoms. The second kappa shape index (κ2) is 6.68. The summed E-state index contributed by atoms with van der Waals surface area (Å²) in [5, 5.41) is 5.70. The van der Waals surface area contributed by atoms with Crippen LogP contribution in [0.3, 0.4) is 0 Å². The fourth-order valence-corrected chi connectivity index (χ4v) is 1.48. The highest BCUT2D eigenvalue weighted by Crippen LogP contribution is 2.20. The van der Waals surface area contributed by atoms with Crippen molar-refractivity contribution in [3.63, 3.8) is 0 Å². The maximum absolute atomic E-state index is 14.2. The quantitative estimate of drug-likeness (QED) is 0.871. The summed E-state index contributed by atoms with van der Waals surface area (Å²) in [6.45, 7) is 10.6. The van der Waals surface area contributed by atoms with Crippen LogP contribution in [0.25, 0.3) is 0 Å². The Kier molecular flexibility index (Phi) is 5.48. The van der Waals surface area contributed by atoms with Gasteiger partial charge in [-0.1, -0.05) is 27.7 Å². The third-order valence-corrected chi connectivity index (χ3v) is 3.32. The molecule has 1 heterocycles. The van der Waals surface area contributed by atoms with Crippen LogP contribution in [0.2, 0.25) is 0 Å². The van der Waals surface area contributed by atoms with E-state index in [0.717, 1.165) is 6.42 Å². The number of pyridine rings is 1. The number of hydrogen-bond donors (Lipinski definition) is 2. The number of amides is 1. The number of anilines is 1. The zero-order valence-electron chi connectivity index (χ0n) is 12.9. The van der Waals surface area contributed by atoms with Crippen LogP contribution in [0.5, 0.6) is 0 Å². The SMILES string of the molecule is CCCNc1nccc(C(=O)NC(C)C(C)(C)C)c1F. The smallest absolute Gasteiger partial charge is 0.254 e. The van der Waals surface area contributed by atoms with E-state index in [0.29, 0.717) is 6.54 Å². The summed E-state index contributed by atoms with van der Waals surface area (Å²) in [6.07, 6.45) is 2.30. The van der Waals surface area contributed by atoms with Crippen molar-refractivity contribution in [3.8, 4) is 0 Å². The van der Waals surface area contributed by atoms with Gasteiger partial charge < -0.3 is 10.6 Å². The summed E-state index contributed by atoms with van der Waals surface area (Å²) in [4.78, 5) is 16.1. The monoisotopic (exact) mass is 281 g/mol. The van der Waals surface area contributed by atoms with Gasteiger partial charge in [0.05, 0.1) is 5.56 Å². The lowest BCUT2D eigenvalue weighted by Crippen LogP contribution is -2.41. The Labute approximate surface area is 120 Å². The van der Waals surface area contributed by atoms with Crippen LogP contribution >= 0.6 is 0 Å². The largest absolute Gasteiger partial charge is 0.368 e. The van der Waals surface area contributed by atoms with Crippen LogP contribution in [-0.4, -0.2) is 23.5 Å². The molecule has 1 rings (SSSR count). The standard InChI is InChI=1S/C15H24FN3O/c1-6-8-17-13-12(16)11(7-9-18-13)14(20)19-10(2)15(3,4)5/h7,9-10H,6,8H2,1-5H3,(H,17,18)(H,19,20). The number of aromatic nitrogens is 1. The molecule has 1 unspecified atom stereocenters. The van der Waals surface area contributed by atoms with Crippen molar-refractivity contribution < 1.29 is 9.18 Å². The highest BCUT2D eigenvalue weighted by Gasteiger charge is 2.24. The summed E-state index contributed by atoms with van der Waals surface area (Å²) < 4.78 is 14.2. The van der Waals surface area contributed by atoms with E-state index >= 15 is 0 Å². The number of hydrogen-bond acceptors (Lipinski definition) is 3. The van der Waals surface area contributed by atoms with Crippen molar-refractivity contribution in [2.24, 2.45) is 5.41 Å². The number of halogens is 1. The predicted molar refractivity (Wildman–Crippen MR) is 79.4 cm³/mol. The summed E-state index contributed by atoms with van der Waals surface area (Å²) in [5.41, 5.74) is -0.0580. The Balaban J connectivity index is 2.88. The molecule has 2 N–H and O–H groups in total. The van der Waals surface area contributed by atoms with Crippen LogP contribution in [0.15, 0.2) is 12.3 Å². The molecule has 1 amide bonds. The molecule has 0 aliphatic rings. The van der Waals surface area contributed by atoms with E-state index in [-0.39, 0.29) is 22.8 Å². The highest BCUT2D eigenvalue weighted by molar-refractivity contribution is 5.95. The Hall–Kier alpha value is -1.65. The predicted octanol–water partition coefficient (Wildman–Crippen LogP) is 3.21. The molecular weight excluding hydrogens is 257 g/mol. The molecule has 4 nitrogen and oxygen atoms in total. The van der Waals surface area contributed by atoms with E-state index in [2.05, 4.69) is 15.6 Å². The first kappa shape index (κ1) is 16.4. The number of carbonyl (C=O) groups is 1. The minimum absolute atomic E-state index is 0.0229. The molecule has 0 radical (unpaired) electrons. The minimum atomic E-state index is -0.598.